The van der Waals surface area contributed by atoms with Crippen LogP contribution in [0.1, 0.15) is 39.5 Å². The number of nitrogens with one attached hydrogen (secondary N) is 1. The van der Waals surface area contributed by atoms with E-state index in [1.807, 2.05) is 0 Å². The standard InChI is InChI=1S/C15H20N2O4/c1-15(2)5-3-4-10(8-15)16-11-6-13-14(21-9-20-13)7-12(11)17(18)19/h6-7,10,16H,3-5,8-9H2,1-2H3. The molecule has 3 rings (SSSR count). The molecule has 1 unspecified atom stereocenters. The molecule has 0 radical (unpaired) electrons. The van der Waals surface area contributed by atoms with Crippen molar-refractivity contribution in [1.29, 1.82) is 0 Å². The zero-order chi connectivity index (χ0) is 15.0. The van der Waals surface area contributed by atoms with E-state index in [4.69, 9.17) is 9.47 Å². The minimum atomic E-state index is -0.377. The Balaban J connectivity index is 1.86. The Bertz CT molecular complexity index is 571. The largest absolute Gasteiger partial charge is 0.454 e. The number of fused-ring (bicyclic) bond motifs is 1. The summed E-state index contributed by atoms with van der Waals surface area (Å²) < 4.78 is 10.5. The van der Waals surface area contributed by atoms with E-state index in [0.29, 0.717) is 17.2 Å². The van der Waals surface area contributed by atoms with Crippen molar-refractivity contribution in [2.75, 3.05) is 12.1 Å². The van der Waals surface area contributed by atoms with Crippen molar-refractivity contribution < 1.29 is 14.4 Å². The topological polar surface area (TPSA) is 73.6 Å². The van der Waals surface area contributed by atoms with Crippen LogP contribution in [0.15, 0.2) is 12.1 Å². The van der Waals surface area contributed by atoms with E-state index in [9.17, 15) is 10.1 Å². The number of hydrogen-bond donors (Lipinski definition) is 1. The summed E-state index contributed by atoms with van der Waals surface area (Å²) in [4.78, 5) is 10.9. The maximum atomic E-state index is 11.3. The Labute approximate surface area is 123 Å². The zero-order valence-corrected chi connectivity index (χ0v) is 12.3. The summed E-state index contributed by atoms with van der Waals surface area (Å²) in [5.74, 6) is 1.01. The van der Waals surface area contributed by atoms with Crippen LogP contribution in [-0.2, 0) is 0 Å². The highest BCUT2D eigenvalue weighted by Gasteiger charge is 2.30. The highest BCUT2D eigenvalue weighted by molar-refractivity contribution is 5.69. The van der Waals surface area contributed by atoms with Crippen molar-refractivity contribution >= 4 is 11.4 Å². The van der Waals surface area contributed by atoms with Crippen molar-refractivity contribution in [3.63, 3.8) is 0 Å². The van der Waals surface area contributed by atoms with Crippen molar-refractivity contribution in [2.45, 2.75) is 45.6 Å². The molecule has 1 atom stereocenters. The molecule has 6 heteroatoms. The van der Waals surface area contributed by atoms with E-state index in [1.54, 1.807) is 6.07 Å². The first-order valence-corrected chi connectivity index (χ1v) is 7.29. The van der Waals surface area contributed by atoms with Crippen molar-refractivity contribution in [2.24, 2.45) is 5.41 Å². The van der Waals surface area contributed by atoms with E-state index in [2.05, 4.69) is 19.2 Å². The fourth-order valence-corrected chi connectivity index (χ4v) is 3.24. The maximum Gasteiger partial charge on any atom is 0.296 e. The van der Waals surface area contributed by atoms with Gasteiger partial charge in [-0.2, -0.15) is 0 Å². The lowest BCUT2D eigenvalue weighted by molar-refractivity contribution is -0.384. The molecule has 6 nitrogen and oxygen atoms in total. The van der Waals surface area contributed by atoms with Crippen molar-refractivity contribution in [3.05, 3.63) is 22.2 Å². The van der Waals surface area contributed by atoms with Crippen LogP contribution in [0.25, 0.3) is 0 Å². The van der Waals surface area contributed by atoms with Gasteiger partial charge in [0.2, 0.25) is 6.79 Å². The number of anilines is 1. The van der Waals surface area contributed by atoms with Gasteiger partial charge in [-0.05, 0) is 24.7 Å². The predicted octanol–water partition coefficient (Wildman–Crippen LogP) is 3.70. The normalized spacial score (nSPS) is 22.9. The molecule has 21 heavy (non-hydrogen) atoms. The zero-order valence-electron chi connectivity index (χ0n) is 12.3. The number of ether oxygens (including phenoxy) is 2. The van der Waals surface area contributed by atoms with E-state index in [1.165, 1.54) is 12.5 Å². The number of rotatable bonds is 3. The van der Waals surface area contributed by atoms with E-state index in [-0.39, 0.29) is 28.9 Å². The van der Waals surface area contributed by atoms with Gasteiger partial charge in [0.1, 0.15) is 5.69 Å². The van der Waals surface area contributed by atoms with Crippen LogP contribution >= 0.6 is 0 Å². The maximum absolute atomic E-state index is 11.3. The molecule has 0 saturated heterocycles. The molecule has 2 aliphatic rings. The smallest absolute Gasteiger partial charge is 0.296 e. The van der Waals surface area contributed by atoms with Gasteiger partial charge in [-0.25, -0.2) is 0 Å². The lowest BCUT2D eigenvalue weighted by Crippen LogP contribution is -2.31. The summed E-state index contributed by atoms with van der Waals surface area (Å²) in [7, 11) is 0. The quantitative estimate of drug-likeness (QED) is 0.679. The molecule has 1 saturated carbocycles. The Morgan fingerprint density at radius 2 is 2.05 bits per heavy atom. The summed E-state index contributed by atoms with van der Waals surface area (Å²) in [6.07, 6.45) is 4.39. The van der Waals surface area contributed by atoms with Crippen LogP contribution in [0.5, 0.6) is 11.5 Å². The second kappa shape index (κ2) is 5.09. The van der Waals surface area contributed by atoms with Crippen LogP contribution in [0.4, 0.5) is 11.4 Å². The predicted molar refractivity (Wildman–Crippen MR) is 78.9 cm³/mol. The van der Waals surface area contributed by atoms with E-state index < -0.39 is 0 Å². The van der Waals surface area contributed by atoms with Gasteiger partial charge < -0.3 is 14.8 Å². The lowest BCUT2D eigenvalue weighted by atomic mass is 9.75. The summed E-state index contributed by atoms with van der Waals surface area (Å²) in [5, 5.41) is 14.6. The fraction of sp³-hybridized carbons (Fsp3) is 0.600. The van der Waals surface area contributed by atoms with Gasteiger partial charge in [0.15, 0.2) is 11.5 Å². The van der Waals surface area contributed by atoms with Crippen molar-refractivity contribution in [3.8, 4) is 11.5 Å². The Morgan fingerprint density at radius 3 is 2.71 bits per heavy atom. The average molecular weight is 292 g/mol. The first-order chi connectivity index (χ1) is 9.94. The molecule has 1 aromatic rings. The van der Waals surface area contributed by atoms with Gasteiger partial charge in [0.05, 0.1) is 11.0 Å². The minimum Gasteiger partial charge on any atom is -0.454 e. The average Bonchev–Trinajstić information content (AvgIpc) is 2.83. The molecule has 1 aliphatic carbocycles. The van der Waals surface area contributed by atoms with Crippen LogP contribution in [0.3, 0.4) is 0 Å². The molecule has 1 aliphatic heterocycles. The second-order valence-corrected chi connectivity index (χ2v) is 6.58. The molecule has 1 aromatic carbocycles. The van der Waals surface area contributed by atoms with Gasteiger partial charge in [0, 0.05) is 12.1 Å². The van der Waals surface area contributed by atoms with Crippen LogP contribution in [0, 0.1) is 15.5 Å². The molecule has 1 fully saturated rings. The summed E-state index contributed by atoms with van der Waals surface area (Å²) in [6.45, 7) is 4.61. The number of nitrogens with zero attached hydrogens (tertiary/aromatic N) is 1. The van der Waals surface area contributed by atoms with Gasteiger partial charge in [0.25, 0.3) is 5.69 Å². The van der Waals surface area contributed by atoms with Gasteiger partial charge in [-0.3, -0.25) is 10.1 Å². The van der Waals surface area contributed by atoms with Crippen molar-refractivity contribution in [1.82, 2.24) is 0 Å². The minimum absolute atomic E-state index is 0.0441. The number of hydrogen-bond acceptors (Lipinski definition) is 5. The third-order valence-electron chi connectivity index (χ3n) is 4.25. The van der Waals surface area contributed by atoms with Crippen LogP contribution in [-0.4, -0.2) is 17.8 Å². The van der Waals surface area contributed by atoms with Crippen LogP contribution < -0.4 is 14.8 Å². The fourth-order valence-electron chi connectivity index (χ4n) is 3.24. The molecular formula is C15H20N2O4. The molecule has 114 valence electrons. The first kappa shape index (κ1) is 14.0. The number of nitro benzene ring substituents is 1. The van der Waals surface area contributed by atoms with Gasteiger partial charge in [-0.1, -0.05) is 20.3 Å². The monoisotopic (exact) mass is 292 g/mol. The molecule has 0 aromatic heterocycles. The summed E-state index contributed by atoms with van der Waals surface area (Å²) >= 11 is 0. The Morgan fingerprint density at radius 1 is 1.33 bits per heavy atom. The number of nitro groups is 1. The molecule has 0 amide bonds. The summed E-state index contributed by atoms with van der Waals surface area (Å²) in [5.41, 5.74) is 0.843. The second-order valence-electron chi connectivity index (χ2n) is 6.58. The van der Waals surface area contributed by atoms with E-state index >= 15 is 0 Å². The molecule has 0 bridgehead atoms. The molecule has 1 N–H and O–H groups in total. The summed E-state index contributed by atoms with van der Waals surface area (Å²) in [6, 6.07) is 3.38. The van der Waals surface area contributed by atoms with E-state index in [0.717, 1.165) is 19.3 Å². The lowest BCUT2D eigenvalue weighted by Gasteiger charge is -2.35. The highest BCUT2D eigenvalue weighted by atomic mass is 16.7. The molecular weight excluding hydrogens is 272 g/mol. The van der Waals surface area contributed by atoms with Gasteiger partial charge in [-0.15, -0.1) is 0 Å². The molecule has 0 spiro atoms. The van der Waals surface area contributed by atoms with Crippen LogP contribution in [0.2, 0.25) is 0 Å². The highest BCUT2D eigenvalue weighted by Crippen LogP contribution is 2.42. The first-order valence-electron chi connectivity index (χ1n) is 7.29. The Kier molecular flexibility index (Phi) is 3.39. The molecule has 1 heterocycles. The number of benzene rings is 1. The Hall–Kier alpha value is -1.98. The van der Waals surface area contributed by atoms with Gasteiger partial charge >= 0.3 is 0 Å². The third-order valence-corrected chi connectivity index (χ3v) is 4.25. The SMILES string of the molecule is CC1(C)CCCC(Nc2cc3c(cc2[N+](=O)[O-])OCO3)C1. The third kappa shape index (κ3) is 2.89.